The lowest BCUT2D eigenvalue weighted by molar-refractivity contribution is 1.11. The number of imidazole rings is 1. The van der Waals surface area contributed by atoms with E-state index >= 15 is 0 Å². The van der Waals surface area contributed by atoms with Crippen molar-refractivity contribution in [1.29, 1.82) is 0 Å². The van der Waals surface area contributed by atoms with Crippen molar-refractivity contribution in [3.05, 3.63) is 50.9 Å². The molecule has 0 aliphatic rings. The average molecular weight is 357 g/mol. The Hall–Kier alpha value is -1.23. The van der Waals surface area contributed by atoms with Crippen LogP contribution in [0.25, 0.3) is 16.7 Å². The van der Waals surface area contributed by atoms with E-state index in [1.54, 1.807) is 4.57 Å². The van der Waals surface area contributed by atoms with Crippen LogP contribution in [-0.2, 0) is 0 Å². The summed E-state index contributed by atoms with van der Waals surface area (Å²) in [5.74, 6) is 0.376. The molecule has 19 heavy (non-hydrogen) atoms. The van der Waals surface area contributed by atoms with Crippen LogP contribution < -0.4 is 5.73 Å². The van der Waals surface area contributed by atoms with Crippen LogP contribution in [0, 0.1) is 0 Å². The molecule has 0 amide bonds. The predicted octanol–water partition coefficient (Wildman–Crippen LogP) is 4.68. The van der Waals surface area contributed by atoms with Gasteiger partial charge in [-0.1, -0.05) is 35.3 Å². The summed E-state index contributed by atoms with van der Waals surface area (Å²) in [6, 6.07) is 11.4. The van der Waals surface area contributed by atoms with Crippen LogP contribution in [0.15, 0.2) is 40.9 Å². The highest BCUT2D eigenvalue weighted by Crippen LogP contribution is 2.37. The van der Waals surface area contributed by atoms with Gasteiger partial charge in [-0.3, -0.25) is 4.57 Å². The molecule has 1 heterocycles. The second-order valence-electron chi connectivity index (χ2n) is 3.99. The van der Waals surface area contributed by atoms with Crippen molar-refractivity contribution in [2.45, 2.75) is 0 Å². The van der Waals surface area contributed by atoms with Crippen molar-refractivity contribution in [2.24, 2.45) is 0 Å². The van der Waals surface area contributed by atoms with E-state index in [-0.39, 0.29) is 0 Å². The molecule has 96 valence electrons. The van der Waals surface area contributed by atoms with Gasteiger partial charge in [0.05, 0.1) is 26.8 Å². The first-order chi connectivity index (χ1) is 9.09. The number of para-hydroxylation sites is 2. The van der Waals surface area contributed by atoms with Gasteiger partial charge in [0.25, 0.3) is 0 Å². The molecule has 0 aliphatic heterocycles. The molecular weight excluding hydrogens is 349 g/mol. The Kier molecular flexibility index (Phi) is 3.17. The molecule has 0 unspecified atom stereocenters. The Morgan fingerprint density at radius 1 is 1.05 bits per heavy atom. The van der Waals surface area contributed by atoms with E-state index in [1.165, 1.54) is 0 Å². The highest BCUT2D eigenvalue weighted by molar-refractivity contribution is 9.10. The molecule has 1 aromatic heterocycles. The van der Waals surface area contributed by atoms with Crippen LogP contribution in [0.2, 0.25) is 10.0 Å². The topological polar surface area (TPSA) is 43.8 Å². The number of anilines is 1. The Bertz CT molecular complexity index is 783. The second kappa shape index (κ2) is 4.71. The number of hydrogen-bond acceptors (Lipinski definition) is 2. The smallest absolute Gasteiger partial charge is 0.205 e. The summed E-state index contributed by atoms with van der Waals surface area (Å²) < 4.78 is 2.53. The molecule has 0 saturated heterocycles. The van der Waals surface area contributed by atoms with Gasteiger partial charge in [0.15, 0.2) is 0 Å². The van der Waals surface area contributed by atoms with Gasteiger partial charge >= 0.3 is 0 Å². The number of aromatic nitrogens is 2. The van der Waals surface area contributed by atoms with Gasteiger partial charge in [-0.2, -0.15) is 0 Å². The first-order valence-corrected chi connectivity index (χ1v) is 7.01. The summed E-state index contributed by atoms with van der Waals surface area (Å²) in [5.41, 5.74) is 8.39. The molecule has 3 aromatic rings. The van der Waals surface area contributed by atoms with Gasteiger partial charge < -0.3 is 5.73 Å². The first kappa shape index (κ1) is 12.8. The van der Waals surface area contributed by atoms with Gasteiger partial charge in [-0.15, -0.1) is 0 Å². The molecule has 0 aliphatic carbocycles. The molecule has 0 radical (unpaired) electrons. The highest BCUT2D eigenvalue weighted by atomic mass is 79.9. The zero-order valence-electron chi connectivity index (χ0n) is 9.57. The van der Waals surface area contributed by atoms with E-state index in [2.05, 4.69) is 20.9 Å². The lowest BCUT2D eigenvalue weighted by atomic mass is 10.3. The van der Waals surface area contributed by atoms with E-state index < -0.39 is 0 Å². The molecule has 3 rings (SSSR count). The maximum atomic E-state index is 6.30. The number of rotatable bonds is 1. The molecular formula is C13H8BrCl2N3. The van der Waals surface area contributed by atoms with Crippen LogP contribution in [0.4, 0.5) is 5.95 Å². The van der Waals surface area contributed by atoms with E-state index in [0.717, 1.165) is 15.5 Å². The van der Waals surface area contributed by atoms with Crippen LogP contribution in [0.5, 0.6) is 0 Å². The van der Waals surface area contributed by atoms with Crippen molar-refractivity contribution in [1.82, 2.24) is 9.55 Å². The van der Waals surface area contributed by atoms with Crippen LogP contribution >= 0.6 is 39.1 Å². The highest BCUT2D eigenvalue weighted by Gasteiger charge is 2.15. The van der Waals surface area contributed by atoms with Gasteiger partial charge in [0.1, 0.15) is 0 Å². The quantitative estimate of drug-likeness (QED) is 0.643. The minimum Gasteiger partial charge on any atom is -0.369 e. The maximum absolute atomic E-state index is 6.30. The van der Waals surface area contributed by atoms with Crippen molar-refractivity contribution >= 4 is 56.1 Å². The fraction of sp³-hybridized carbons (Fsp3) is 0. The van der Waals surface area contributed by atoms with Crippen molar-refractivity contribution in [3.63, 3.8) is 0 Å². The number of nitrogens with two attached hydrogens (primary N) is 1. The van der Waals surface area contributed by atoms with E-state index in [9.17, 15) is 0 Å². The fourth-order valence-electron chi connectivity index (χ4n) is 1.99. The van der Waals surface area contributed by atoms with Gasteiger partial charge in [-0.25, -0.2) is 4.98 Å². The van der Waals surface area contributed by atoms with Gasteiger partial charge in [-0.05, 0) is 40.2 Å². The van der Waals surface area contributed by atoms with Crippen molar-refractivity contribution in [2.75, 3.05) is 5.73 Å². The molecule has 2 N–H and O–H groups in total. The van der Waals surface area contributed by atoms with Crippen molar-refractivity contribution in [3.8, 4) is 5.69 Å². The minimum absolute atomic E-state index is 0.376. The van der Waals surface area contributed by atoms with Gasteiger partial charge in [0.2, 0.25) is 5.95 Å². The third-order valence-electron chi connectivity index (χ3n) is 2.84. The molecule has 0 bridgehead atoms. The predicted molar refractivity (Wildman–Crippen MR) is 83.2 cm³/mol. The number of nitrogen functional groups attached to an aromatic ring is 1. The average Bonchev–Trinajstić information content (AvgIpc) is 2.73. The molecule has 0 saturated carbocycles. The SMILES string of the molecule is Nc1nc2ccccc2n1-c1ccc(Br)c(Cl)c1Cl. The third kappa shape index (κ3) is 2.00. The summed E-state index contributed by atoms with van der Waals surface area (Å²) in [6.45, 7) is 0. The number of nitrogens with zero attached hydrogens (tertiary/aromatic N) is 2. The minimum atomic E-state index is 0.376. The molecule has 3 nitrogen and oxygen atoms in total. The zero-order valence-corrected chi connectivity index (χ0v) is 12.7. The molecule has 2 aromatic carbocycles. The van der Waals surface area contributed by atoms with E-state index in [1.807, 2.05) is 36.4 Å². The van der Waals surface area contributed by atoms with Crippen LogP contribution in [0.3, 0.4) is 0 Å². The van der Waals surface area contributed by atoms with Gasteiger partial charge in [0, 0.05) is 4.47 Å². The van der Waals surface area contributed by atoms with Crippen molar-refractivity contribution < 1.29 is 0 Å². The number of hydrogen-bond donors (Lipinski definition) is 1. The van der Waals surface area contributed by atoms with E-state index in [4.69, 9.17) is 28.9 Å². The second-order valence-corrected chi connectivity index (χ2v) is 5.60. The Balaban J connectivity index is 2.37. The molecule has 6 heteroatoms. The number of halogens is 3. The summed E-state index contributed by atoms with van der Waals surface area (Å²) in [7, 11) is 0. The standard InChI is InChI=1S/C13H8BrCl2N3/c14-7-5-6-10(12(16)11(7)15)19-9-4-2-1-3-8(9)18-13(19)17/h1-6H,(H2,17,18). The third-order valence-corrected chi connectivity index (χ3v) is 4.60. The summed E-state index contributed by atoms with van der Waals surface area (Å²) in [4.78, 5) is 4.31. The lowest BCUT2D eigenvalue weighted by Crippen LogP contribution is -2.01. The molecule has 0 fully saturated rings. The van der Waals surface area contributed by atoms with E-state index in [0.29, 0.717) is 21.7 Å². The fourth-order valence-corrected chi connectivity index (χ4v) is 2.84. The monoisotopic (exact) mass is 355 g/mol. The molecule has 0 spiro atoms. The largest absolute Gasteiger partial charge is 0.369 e. The number of fused-ring (bicyclic) bond motifs is 1. The lowest BCUT2D eigenvalue weighted by Gasteiger charge is -2.10. The van der Waals surface area contributed by atoms with Crippen LogP contribution in [-0.4, -0.2) is 9.55 Å². The molecule has 0 atom stereocenters. The zero-order chi connectivity index (χ0) is 13.6. The summed E-state index contributed by atoms with van der Waals surface area (Å²) >= 11 is 15.8. The van der Waals surface area contributed by atoms with Crippen LogP contribution in [0.1, 0.15) is 0 Å². The number of benzene rings is 2. The Morgan fingerprint density at radius 2 is 1.79 bits per heavy atom. The maximum Gasteiger partial charge on any atom is 0.205 e. The summed E-state index contributed by atoms with van der Waals surface area (Å²) in [6.07, 6.45) is 0. The summed E-state index contributed by atoms with van der Waals surface area (Å²) in [5, 5.41) is 0.891. The Morgan fingerprint density at radius 3 is 2.58 bits per heavy atom. The first-order valence-electron chi connectivity index (χ1n) is 5.46. The normalized spacial score (nSPS) is 11.1. The Labute approximate surface area is 128 Å².